The van der Waals surface area contributed by atoms with Crippen molar-refractivity contribution in [2.24, 2.45) is 0 Å². The summed E-state index contributed by atoms with van der Waals surface area (Å²) in [4.78, 5) is 12.6. The predicted molar refractivity (Wildman–Crippen MR) is 97.6 cm³/mol. The Bertz CT molecular complexity index is 943. The van der Waals surface area contributed by atoms with Crippen LogP contribution in [0.15, 0.2) is 60.7 Å². The molecule has 26 heavy (non-hydrogen) atoms. The van der Waals surface area contributed by atoms with Gasteiger partial charge < -0.3 is 10.5 Å². The molecule has 2 aromatic carbocycles. The molecule has 0 aliphatic carbocycles. The van der Waals surface area contributed by atoms with E-state index in [-0.39, 0.29) is 18.0 Å². The Morgan fingerprint density at radius 3 is 2.38 bits per heavy atom. The van der Waals surface area contributed by atoms with Gasteiger partial charge in [0, 0.05) is 0 Å². The predicted octanol–water partition coefficient (Wildman–Crippen LogP) is 3.02. The second-order valence-corrected chi connectivity index (χ2v) is 5.60. The molecular weight excluding hydrogens is 328 g/mol. The maximum absolute atomic E-state index is 12.6. The molecule has 2 N–H and O–H groups in total. The van der Waals surface area contributed by atoms with Crippen LogP contribution in [-0.4, -0.2) is 22.4 Å². The van der Waals surface area contributed by atoms with E-state index < -0.39 is 11.9 Å². The standard InChI is InChI=1S/C20H18N4O2/c1-2-26-20(25)17(14-9-5-3-6-10-14)18-16(13-21)19(22)24(23-18)15-11-7-4-8-12-15/h3-12,17H,2,22H2,1H3. The fourth-order valence-electron chi connectivity index (χ4n) is 2.81. The summed E-state index contributed by atoms with van der Waals surface area (Å²) in [6.45, 7) is 1.97. The highest BCUT2D eigenvalue weighted by Crippen LogP contribution is 2.31. The van der Waals surface area contributed by atoms with Crippen LogP contribution >= 0.6 is 0 Å². The zero-order valence-electron chi connectivity index (χ0n) is 14.3. The van der Waals surface area contributed by atoms with Gasteiger partial charge >= 0.3 is 5.97 Å². The molecule has 3 aromatic rings. The molecule has 0 radical (unpaired) electrons. The van der Waals surface area contributed by atoms with Crippen LogP contribution in [0.2, 0.25) is 0 Å². The topological polar surface area (TPSA) is 93.9 Å². The van der Waals surface area contributed by atoms with Crippen LogP contribution in [0.5, 0.6) is 0 Å². The summed E-state index contributed by atoms with van der Waals surface area (Å²) in [5.74, 6) is -1.09. The lowest BCUT2D eigenvalue weighted by atomic mass is 9.93. The van der Waals surface area contributed by atoms with Crippen molar-refractivity contribution in [3.05, 3.63) is 77.5 Å². The minimum Gasteiger partial charge on any atom is -0.465 e. The van der Waals surface area contributed by atoms with Gasteiger partial charge in [0.05, 0.1) is 12.3 Å². The number of nitrogens with two attached hydrogens (primary N) is 1. The third-order valence-corrected chi connectivity index (χ3v) is 3.99. The van der Waals surface area contributed by atoms with Crippen molar-refractivity contribution in [2.75, 3.05) is 12.3 Å². The first-order chi connectivity index (χ1) is 12.7. The SMILES string of the molecule is CCOC(=O)C(c1ccccc1)c1nn(-c2ccccc2)c(N)c1C#N. The average molecular weight is 346 g/mol. The maximum atomic E-state index is 12.6. The highest BCUT2D eigenvalue weighted by Gasteiger charge is 2.32. The fourth-order valence-corrected chi connectivity index (χ4v) is 2.81. The number of rotatable bonds is 5. The van der Waals surface area contributed by atoms with Gasteiger partial charge in [-0.15, -0.1) is 0 Å². The number of benzene rings is 2. The van der Waals surface area contributed by atoms with Gasteiger partial charge in [-0.3, -0.25) is 4.79 Å². The molecule has 0 fully saturated rings. The van der Waals surface area contributed by atoms with E-state index in [2.05, 4.69) is 11.2 Å². The number of hydrogen-bond acceptors (Lipinski definition) is 5. The Hall–Kier alpha value is -3.59. The lowest BCUT2D eigenvalue weighted by Gasteiger charge is -2.14. The molecule has 130 valence electrons. The van der Waals surface area contributed by atoms with Gasteiger partial charge in [0.1, 0.15) is 29.1 Å². The minimum atomic E-state index is -0.821. The van der Waals surface area contributed by atoms with Gasteiger partial charge in [0.2, 0.25) is 0 Å². The quantitative estimate of drug-likeness (QED) is 0.717. The number of aromatic nitrogens is 2. The number of hydrogen-bond donors (Lipinski definition) is 1. The minimum absolute atomic E-state index is 0.177. The second kappa shape index (κ2) is 7.53. The van der Waals surface area contributed by atoms with E-state index in [0.29, 0.717) is 16.9 Å². The number of nitriles is 1. The Labute approximate surface area is 151 Å². The van der Waals surface area contributed by atoms with E-state index in [1.807, 2.05) is 48.5 Å². The van der Waals surface area contributed by atoms with E-state index >= 15 is 0 Å². The van der Waals surface area contributed by atoms with E-state index in [1.54, 1.807) is 19.1 Å². The Morgan fingerprint density at radius 2 is 1.81 bits per heavy atom. The molecule has 1 atom stereocenters. The normalized spacial score (nSPS) is 11.5. The number of anilines is 1. The van der Waals surface area contributed by atoms with E-state index in [0.717, 1.165) is 0 Å². The van der Waals surface area contributed by atoms with Gasteiger partial charge in [-0.1, -0.05) is 48.5 Å². The lowest BCUT2D eigenvalue weighted by Crippen LogP contribution is -2.19. The Balaban J connectivity index is 2.19. The molecule has 0 bridgehead atoms. The van der Waals surface area contributed by atoms with Crippen LogP contribution in [0.4, 0.5) is 5.82 Å². The van der Waals surface area contributed by atoms with Gasteiger partial charge in [-0.05, 0) is 24.6 Å². The highest BCUT2D eigenvalue weighted by molar-refractivity contribution is 5.83. The van der Waals surface area contributed by atoms with E-state index in [4.69, 9.17) is 10.5 Å². The van der Waals surface area contributed by atoms with Crippen molar-refractivity contribution in [3.8, 4) is 11.8 Å². The molecule has 0 aliphatic heterocycles. The first kappa shape index (κ1) is 17.2. The van der Waals surface area contributed by atoms with Crippen molar-refractivity contribution in [3.63, 3.8) is 0 Å². The van der Waals surface area contributed by atoms with Crippen molar-refractivity contribution >= 4 is 11.8 Å². The summed E-state index contributed by atoms with van der Waals surface area (Å²) in [5, 5.41) is 14.1. The van der Waals surface area contributed by atoms with Gasteiger partial charge in [0.25, 0.3) is 0 Å². The van der Waals surface area contributed by atoms with Crippen LogP contribution in [-0.2, 0) is 9.53 Å². The molecule has 0 saturated carbocycles. The molecule has 6 heteroatoms. The molecular formula is C20H18N4O2. The summed E-state index contributed by atoms with van der Waals surface area (Å²) < 4.78 is 6.70. The van der Waals surface area contributed by atoms with Crippen molar-refractivity contribution in [1.29, 1.82) is 5.26 Å². The molecule has 6 nitrogen and oxygen atoms in total. The summed E-state index contributed by atoms with van der Waals surface area (Å²) in [7, 11) is 0. The van der Waals surface area contributed by atoms with Crippen molar-refractivity contribution in [2.45, 2.75) is 12.8 Å². The molecule has 1 unspecified atom stereocenters. The first-order valence-corrected chi connectivity index (χ1v) is 8.22. The van der Waals surface area contributed by atoms with Crippen LogP contribution in [0.25, 0.3) is 5.69 Å². The largest absolute Gasteiger partial charge is 0.465 e. The lowest BCUT2D eigenvalue weighted by molar-refractivity contribution is -0.143. The summed E-state index contributed by atoms with van der Waals surface area (Å²) >= 11 is 0. The molecule has 0 amide bonds. The zero-order valence-corrected chi connectivity index (χ0v) is 14.3. The third kappa shape index (κ3) is 3.15. The molecule has 1 aromatic heterocycles. The fraction of sp³-hybridized carbons (Fsp3) is 0.150. The number of nitrogen functional groups attached to an aromatic ring is 1. The van der Waals surface area contributed by atoms with Crippen molar-refractivity contribution in [1.82, 2.24) is 9.78 Å². The zero-order chi connectivity index (χ0) is 18.5. The Kier molecular flexibility index (Phi) is 4.99. The summed E-state index contributed by atoms with van der Waals surface area (Å²) in [6.07, 6.45) is 0. The number of nitrogens with zero attached hydrogens (tertiary/aromatic N) is 3. The number of para-hydroxylation sites is 1. The summed E-state index contributed by atoms with van der Waals surface area (Å²) in [5.41, 5.74) is 8.04. The molecule has 0 spiro atoms. The molecule has 1 heterocycles. The van der Waals surface area contributed by atoms with Gasteiger partial charge in [-0.2, -0.15) is 10.4 Å². The van der Waals surface area contributed by atoms with Crippen LogP contribution < -0.4 is 5.73 Å². The number of esters is 1. The number of ether oxygens (including phenoxy) is 1. The maximum Gasteiger partial charge on any atom is 0.319 e. The second-order valence-electron chi connectivity index (χ2n) is 5.60. The summed E-state index contributed by atoms with van der Waals surface area (Å²) in [6, 6.07) is 20.4. The monoisotopic (exact) mass is 346 g/mol. The van der Waals surface area contributed by atoms with Crippen LogP contribution in [0, 0.1) is 11.3 Å². The highest BCUT2D eigenvalue weighted by atomic mass is 16.5. The smallest absolute Gasteiger partial charge is 0.319 e. The molecule has 0 saturated heterocycles. The molecule has 3 rings (SSSR count). The van der Waals surface area contributed by atoms with E-state index in [1.165, 1.54) is 4.68 Å². The number of carbonyl (C=O) groups is 1. The van der Waals surface area contributed by atoms with Crippen LogP contribution in [0.1, 0.15) is 29.7 Å². The Morgan fingerprint density at radius 1 is 1.19 bits per heavy atom. The van der Waals surface area contributed by atoms with E-state index in [9.17, 15) is 10.1 Å². The van der Waals surface area contributed by atoms with Crippen molar-refractivity contribution < 1.29 is 9.53 Å². The third-order valence-electron chi connectivity index (χ3n) is 3.99. The van der Waals surface area contributed by atoms with Crippen LogP contribution in [0.3, 0.4) is 0 Å². The first-order valence-electron chi connectivity index (χ1n) is 8.22. The van der Waals surface area contributed by atoms with Gasteiger partial charge in [0.15, 0.2) is 0 Å². The molecule has 0 aliphatic rings. The average Bonchev–Trinajstić information content (AvgIpc) is 3.00. The number of carbonyl (C=O) groups excluding carboxylic acids is 1. The van der Waals surface area contributed by atoms with Gasteiger partial charge in [-0.25, -0.2) is 4.68 Å².